The third kappa shape index (κ3) is 3.55. The van der Waals surface area contributed by atoms with Crippen LogP contribution in [0, 0.1) is 6.92 Å². The number of hydrogen-bond donors (Lipinski definition) is 2. The largest absolute Gasteiger partial charge is 0.395 e. The maximum atomic E-state index is 11.7. The van der Waals surface area contributed by atoms with Gasteiger partial charge in [-0.2, -0.15) is 0 Å². The lowest BCUT2D eigenvalue weighted by Crippen LogP contribution is -2.36. The van der Waals surface area contributed by atoms with Gasteiger partial charge in [0.05, 0.1) is 6.61 Å². The van der Waals surface area contributed by atoms with Crippen LogP contribution in [0.15, 0.2) is 24.3 Å². The van der Waals surface area contributed by atoms with Gasteiger partial charge in [-0.15, -0.1) is 0 Å². The summed E-state index contributed by atoms with van der Waals surface area (Å²) in [6.45, 7) is 4.77. The number of benzene rings is 1. The molecule has 4 heteroatoms. The zero-order chi connectivity index (χ0) is 12.0. The van der Waals surface area contributed by atoms with E-state index >= 15 is 0 Å². The van der Waals surface area contributed by atoms with E-state index in [1.54, 1.807) is 4.90 Å². The molecule has 0 saturated heterocycles. The monoisotopic (exact) mass is 222 g/mol. The van der Waals surface area contributed by atoms with Crippen LogP contribution in [0.4, 0.5) is 10.5 Å². The summed E-state index contributed by atoms with van der Waals surface area (Å²) in [6, 6.07) is 7.44. The van der Waals surface area contributed by atoms with Gasteiger partial charge in [0.15, 0.2) is 0 Å². The topological polar surface area (TPSA) is 52.6 Å². The Hall–Kier alpha value is -1.55. The molecule has 0 heterocycles. The van der Waals surface area contributed by atoms with Crippen LogP contribution in [-0.4, -0.2) is 35.7 Å². The van der Waals surface area contributed by atoms with Crippen molar-refractivity contribution < 1.29 is 9.90 Å². The first-order valence-corrected chi connectivity index (χ1v) is 5.40. The van der Waals surface area contributed by atoms with Crippen molar-refractivity contribution in [3.8, 4) is 0 Å². The van der Waals surface area contributed by atoms with Crippen molar-refractivity contribution in [1.82, 2.24) is 4.90 Å². The molecule has 88 valence electrons. The molecule has 0 aliphatic heterocycles. The van der Waals surface area contributed by atoms with Crippen LogP contribution >= 0.6 is 0 Å². The summed E-state index contributed by atoms with van der Waals surface area (Å²) in [5.41, 5.74) is 1.88. The molecule has 1 aromatic rings. The van der Waals surface area contributed by atoms with E-state index in [2.05, 4.69) is 5.32 Å². The number of nitrogens with one attached hydrogen (secondary N) is 1. The smallest absolute Gasteiger partial charge is 0.321 e. The fourth-order valence-electron chi connectivity index (χ4n) is 1.45. The SMILES string of the molecule is CCN(CCO)C(=O)Nc1cccc(C)c1. The predicted octanol–water partition coefficient (Wildman–Crippen LogP) is 1.84. The van der Waals surface area contributed by atoms with Gasteiger partial charge in [-0.1, -0.05) is 12.1 Å². The standard InChI is InChI=1S/C12H18N2O2/c1-3-14(7-8-15)12(16)13-11-6-4-5-10(2)9-11/h4-6,9,15H,3,7-8H2,1-2H3,(H,13,16). The van der Waals surface area contributed by atoms with Gasteiger partial charge in [0, 0.05) is 18.8 Å². The van der Waals surface area contributed by atoms with Crippen molar-refractivity contribution >= 4 is 11.7 Å². The highest BCUT2D eigenvalue weighted by Gasteiger charge is 2.10. The van der Waals surface area contributed by atoms with Crippen LogP contribution in [0.2, 0.25) is 0 Å². The van der Waals surface area contributed by atoms with Crippen molar-refractivity contribution in [3.05, 3.63) is 29.8 Å². The number of anilines is 1. The number of urea groups is 1. The molecule has 0 saturated carbocycles. The number of carbonyl (C=O) groups is 1. The average molecular weight is 222 g/mol. The van der Waals surface area contributed by atoms with Gasteiger partial charge < -0.3 is 15.3 Å². The second kappa shape index (κ2) is 6.12. The number of rotatable bonds is 4. The molecule has 0 fully saturated rings. The van der Waals surface area contributed by atoms with Crippen LogP contribution in [-0.2, 0) is 0 Å². The minimum Gasteiger partial charge on any atom is -0.395 e. The lowest BCUT2D eigenvalue weighted by atomic mass is 10.2. The lowest BCUT2D eigenvalue weighted by molar-refractivity contribution is 0.192. The molecule has 1 rings (SSSR count). The van der Waals surface area contributed by atoms with Gasteiger partial charge in [0.1, 0.15) is 0 Å². The minimum absolute atomic E-state index is 0.0188. The van der Waals surface area contributed by atoms with E-state index in [0.717, 1.165) is 11.3 Å². The number of aliphatic hydroxyl groups is 1. The highest BCUT2D eigenvalue weighted by molar-refractivity contribution is 5.89. The second-order valence-electron chi connectivity index (χ2n) is 3.60. The summed E-state index contributed by atoms with van der Waals surface area (Å²) in [4.78, 5) is 13.3. The third-order valence-electron chi connectivity index (χ3n) is 2.31. The molecular weight excluding hydrogens is 204 g/mol. The van der Waals surface area contributed by atoms with Crippen molar-refractivity contribution in [2.24, 2.45) is 0 Å². The number of amides is 2. The van der Waals surface area contributed by atoms with Gasteiger partial charge >= 0.3 is 6.03 Å². The maximum absolute atomic E-state index is 11.7. The molecule has 0 atom stereocenters. The Morgan fingerprint density at radius 3 is 2.81 bits per heavy atom. The predicted molar refractivity (Wildman–Crippen MR) is 64.5 cm³/mol. The van der Waals surface area contributed by atoms with Gasteiger partial charge in [-0.05, 0) is 31.5 Å². The third-order valence-corrected chi connectivity index (χ3v) is 2.31. The molecular formula is C12H18N2O2. The first-order valence-electron chi connectivity index (χ1n) is 5.40. The molecule has 2 amide bonds. The van der Waals surface area contributed by atoms with Crippen LogP contribution in [0.5, 0.6) is 0 Å². The lowest BCUT2D eigenvalue weighted by Gasteiger charge is -2.20. The molecule has 0 aliphatic carbocycles. The van der Waals surface area contributed by atoms with Crippen molar-refractivity contribution in [3.63, 3.8) is 0 Å². The first-order chi connectivity index (χ1) is 7.67. The van der Waals surface area contributed by atoms with E-state index < -0.39 is 0 Å². The van der Waals surface area contributed by atoms with E-state index in [9.17, 15) is 4.79 Å². The molecule has 0 aromatic heterocycles. The van der Waals surface area contributed by atoms with Gasteiger partial charge in [-0.25, -0.2) is 4.79 Å². The van der Waals surface area contributed by atoms with Gasteiger partial charge in [0.2, 0.25) is 0 Å². The Morgan fingerprint density at radius 2 is 2.25 bits per heavy atom. The summed E-state index contributed by atoms with van der Waals surface area (Å²) in [5, 5.41) is 11.6. The summed E-state index contributed by atoms with van der Waals surface area (Å²) in [5.74, 6) is 0. The molecule has 0 radical (unpaired) electrons. The summed E-state index contributed by atoms with van der Waals surface area (Å²) in [7, 11) is 0. The van der Waals surface area contributed by atoms with Crippen molar-refractivity contribution in [2.45, 2.75) is 13.8 Å². The Kier molecular flexibility index (Phi) is 4.79. The van der Waals surface area contributed by atoms with Gasteiger partial charge in [-0.3, -0.25) is 0 Å². The van der Waals surface area contributed by atoms with Crippen LogP contribution < -0.4 is 5.32 Å². The molecule has 0 spiro atoms. The molecule has 2 N–H and O–H groups in total. The summed E-state index contributed by atoms with van der Waals surface area (Å²) in [6.07, 6.45) is 0. The van der Waals surface area contributed by atoms with Crippen molar-refractivity contribution in [2.75, 3.05) is 25.0 Å². The number of carbonyl (C=O) groups excluding carboxylic acids is 1. The molecule has 4 nitrogen and oxygen atoms in total. The van der Waals surface area contributed by atoms with E-state index in [0.29, 0.717) is 13.1 Å². The van der Waals surface area contributed by atoms with E-state index in [1.165, 1.54) is 0 Å². The Labute approximate surface area is 95.9 Å². The minimum atomic E-state index is -0.179. The average Bonchev–Trinajstić information content (AvgIpc) is 2.25. The molecule has 0 bridgehead atoms. The maximum Gasteiger partial charge on any atom is 0.321 e. The quantitative estimate of drug-likeness (QED) is 0.816. The van der Waals surface area contributed by atoms with Crippen LogP contribution in [0.25, 0.3) is 0 Å². The molecule has 1 aromatic carbocycles. The highest BCUT2D eigenvalue weighted by atomic mass is 16.3. The molecule has 16 heavy (non-hydrogen) atoms. The molecule has 0 aliphatic rings. The van der Waals surface area contributed by atoms with Gasteiger partial charge in [0.25, 0.3) is 0 Å². The number of aliphatic hydroxyl groups excluding tert-OH is 1. The Morgan fingerprint density at radius 1 is 1.50 bits per heavy atom. The number of likely N-dealkylation sites (N-methyl/N-ethyl adjacent to an activating group) is 1. The Balaban J connectivity index is 2.62. The first kappa shape index (κ1) is 12.5. The number of hydrogen-bond acceptors (Lipinski definition) is 2. The summed E-state index contributed by atoms with van der Waals surface area (Å²) < 4.78 is 0. The fraction of sp³-hybridized carbons (Fsp3) is 0.417. The zero-order valence-corrected chi connectivity index (χ0v) is 9.73. The van der Waals surface area contributed by atoms with E-state index in [-0.39, 0.29) is 12.6 Å². The van der Waals surface area contributed by atoms with Crippen LogP contribution in [0.1, 0.15) is 12.5 Å². The second-order valence-corrected chi connectivity index (χ2v) is 3.60. The normalized spacial score (nSPS) is 9.94. The fourth-order valence-corrected chi connectivity index (χ4v) is 1.45. The number of aryl methyl sites for hydroxylation is 1. The van der Waals surface area contributed by atoms with E-state index in [4.69, 9.17) is 5.11 Å². The highest BCUT2D eigenvalue weighted by Crippen LogP contribution is 2.10. The number of nitrogens with zero attached hydrogens (tertiary/aromatic N) is 1. The van der Waals surface area contributed by atoms with Crippen molar-refractivity contribution in [1.29, 1.82) is 0 Å². The van der Waals surface area contributed by atoms with E-state index in [1.807, 2.05) is 38.1 Å². The summed E-state index contributed by atoms with van der Waals surface area (Å²) >= 11 is 0. The Bertz CT molecular complexity index is 353. The van der Waals surface area contributed by atoms with Crippen LogP contribution in [0.3, 0.4) is 0 Å². The molecule has 0 unspecified atom stereocenters. The zero-order valence-electron chi connectivity index (χ0n) is 9.73.